The quantitative estimate of drug-likeness (QED) is 0.0262. The maximum absolute atomic E-state index is 12.8. The fourth-order valence-corrected chi connectivity index (χ4v) is 7.11. The summed E-state index contributed by atoms with van der Waals surface area (Å²) in [6.07, 6.45) is 67.1. The molecule has 0 fully saturated rings. The first-order chi connectivity index (χ1) is 31.5. The van der Waals surface area contributed by atoms with Gasteiger partial charge in [-0.3, -0.25) is 14.4 Å². The van der Waals surface area contributed by atoms with Crippen molar-refractivity contribution in [2.75, 3.05) is 13.2 Å². The summed E-state index contributed by atoms with van der Waals surface area (Å²) >= 11 is 0. The predicted octanol–water partition coefficient (Wildman–Crippen LogP) is 17.6. The number of hydrogen-bond acceptors (Lipinski definition) is 6. The first-order valence-corrected chi connectivity index (χ1v) is 26.6. The van der Waals surface area contributed by atoms with E-state index in [0.717, 1.165) is 103 Å². The molecule has 0 spiro atoms. The molecule has 0 radical (unpaired) electrons. The molecule has 6 heteroatoms. The fraction of sp³-hybridized carbons (Fsp3) is 0.707. The Bertz CT molecular complexity index is 1250. The van der Waals surface area contributed by atoms with Gasteiger partial charge in [0.25, 0.3) is 0 Å². The van der Waals surface area contributed by atoms with Crippen LogP contribution in [0.4, 0.5) is 0 Å². The minimum absolute atomic E-state index is 0.102. The van der Waals surface area contributed by atoms with Gasteiger partial charge in [-0.25, -0.2) is 0 Å². The van der Waals surface area contributed by atoms with Crippen LogP contribution >= 0.6 is 0 Å². The molecule has 64 heavy (non-hydrogen) atoms. The van der Waals surface area contributed by atoms with Crippen molar-refractivity contribution in [2.24, 2.45) is 0 Å². The highest BCUT2D eigenvalue weighted by molar-refractivity contribution is 5.71. The van der Waals surface area contributed by atoms with Gasteiger partial charge >= 0.3 is 17.9 Å². The van der Waals surface area contributed by atoms with Crippen molar-refractivity contribution < 1.29 is 28.6 Å². The molecule has 0 saturated carbocycles. The van der Waals surface area contributed by atoms with Crippen LogP contribution < -0.4 is 0 Å². The lowest BCUT2D eigenvalue weighted by Crippen LogP contribution is -2.30. The molecule has 1 atom stereocenters. The summed E-state index contributed by atoms with van der Waals surface area (Å²) in [4.78, 5) is 38.0. The standard InChI is InChI=1S/C58H98O6/c1-4-7-10-13-16-19-22-25-28-29-31-33-36-39-42-45-48-51-57(60)63-54-55(53-62-56(59)50-47-44-41-38-35-32-27-24-21-18-15-12-9-6-3)64-58(61)52-49-46-43-40-37-34-30-26-23-20-17-14-11-8-5-2/h7,10,16,19,24-28,30-31,33,39,42,55H,4-6,8-9,11-15,17-18,20-23,29,32,34-38,40-41,43-54H2,1-3H3/b10-7-,19-16-,27-24-,28-25-,30-26-,33-31-,42-39-. The zero-order valence-corrected chi connectivity index (χ0v) is 41.8. The van der Waals surface area contributed by atoms with Crippen LogP contribution in [0, 0.1) is 0 Å². The molecule has 6 nitrogen and oxygen atoms in total. The smallest absolute Gasteiger partial charge is 0.306 e. The van der Waals surface area contributed by atoms with Gasteiger partial charge < -0.3 is 14.2 Å². The Kier molecular flexibility index (Phi) is 49.4. The number of rotatable bonds is 47. The average molecular weight is 891 g/mol. The maximum atomic E-state index is 12.8. The Morgan fingerprint density at radius 3 is 1.03 bits per heavy atom. The Balaban J connectivity index is 4.50. The van der Waals surface area contributed by atoms with Gasteiger partial charge in [0, 0.05) is 19.3 Å². The summed E-state index contributed by atoms with van der Waals surface area (Å²) < 4.78 is 16.8. The van der Waals surface area contributed by atoms with Crippen LogP contribution in [0.3, 0.4) is 0 Å². The third-order valence-corrected chi connectivity index (χ3v) is 11.1. The number of hydrogen-bond donors (Lipinski definition) is 0. The van der Waals surface area contributed by atoms with Crippen LogP contribution in [-0.2, 0) is 28.6 Å². The van der Waals surface area contributed by atoms with Crippen LogP contribution in [0.15, 0.2) is 85.1 Å². The summed E-state index contributed by atoms with van der Waals surface area (Å²) in [5.41, 5.74) is 0. The van der Waals surface area contributed by atoms with Gasteiger partial charge in [-0.15, -0.1) is 0 Å². The van der Waals surface area contributed by atoms with Crippen molar-refractivity contribution in [1.29, 1.82) is 0 Å². The average Bonchev–Trinajstić information content (AvgIpc) is 3.29. The fourth-order valence-electron chi connectivity index (χ4n) is 7.11. The maximum Gasteiger partial charge on any atom is 0.306 e. The van der Waals surface area contributed by atoms with Gasteiger partial charge in [0.2, 0.25) is 0 Å². The molecule has 0 N–H and O–H groups in total. The second-order valence-electron chi connectivity index (χ2n) is 17.4. The van der Waals surface area contributed by atoms with Gasteiger partial charge in [-0.1, -0.05) is 202 Å². The first kappa shape index (κ1) is 60.6. The summed E-state index contributed by atoms with van der Waals surface area (Å²) in [5, 5.41) is 0. The monoisotopic (exact) mass is 891 g/mol. The predicted molar refractivity (Wildman–Crippen MR) is 274 cm³/mol. The van der Waals surface area contributed by atoms with Gasteiger partial charge in [0.05, 0.1) is 0 Å². The van der Waals surface area contributed by atoms with E-state index in [2.05, 4.69) is 106 Å². The summed E-state index contributed by atoms with van der Waals surface area (Å²) in [7, 11) is 0. The van der Waals surface area contributed by atoms with E-state index >= 15 is 0 Å². The van der Waals surface area contributed by atoms with Gasteiger partial charge in [-0.05, 0) is 109 Å². The molecule has 0 aliphatic rings. The number of ether oxygens (including phenoxy) is 3. The molecule has 0 aliphatic heterocycles. The lowest BCUT2D eigenvalue weighted by Gasteiger charge is -2.18. The van der Waals surface area contributed by atoms with Gasteiger partial charge in [-0.2, -0.15) is 0 Å². The van der Waals surface area contributed by atoms with Crippen molar-refractivity contribution in [1.82, 2.24) is 0 Å². The molecule has 0 aromatic heterocycles. The Morgan fingerprint density at radius 1 is 0.328 bits per heavy atom. The van der Waals surface area contributed by atoms with Crippen molar-refractivity contribution in [3.63, 3.8) is 0 Å². The van der Waals surface area contributed by atoms with E-state index in [9.17, 15) is 14.4 Å². The summed E-state index contributed by atoms with van der Waals surface area (Å²) in [6.45, 7) is 6.45. The number of carbonyl (C=O) groups is 3. The van der Waals surface area contributed by atoms with E-state index in [4.69, 9.17) is 14.2 Å². The zero-order chi connectivity index (χ0) is 46.5. The second kappa shape index (κ2) is 52.2. The highest BCUT2D eigenvalue weighted by atomic mass is 16.6. The lowest BCUT2D eigenvalue weighted by molar-refractivity contribution is -0.167. The van der Waals surface area contributed by atoms with Crippen molar-refractivity contribution in [3.05, 3.63) is 85.1 Å². The topological polar surface area (TPSA) is 78.9 Å². The Morgan fingerprint density at radius 2 is 0.625 bits per heavy atom. The number of esters is 3. The molecule has 0 aliphatic carbocycles. The molecular formula is C58H98O6. The zero-order valence-electron chi connectivity index (χ0n) is 41.8. The normalized spacial score (nSPS) is 12.7. The highest BCUT2D eigenvalue weighted by Gasteiger charge is 2.19. The van der Waals surface area contributed by atoms with Gasteiger partial charge in [0.15, 0.2) is 6.10 Å². The molecule has 0 bridgehead atoms. The Hall–Kier alpha value is -3.41. The SMILES string of the molecule is CC/C=C\C/C=C\C/C=C\C/C=C\C/C=C\CCCC(=O)OCC(COC(=O)CCCCCCC/C=C\CCCCCCC)OC(=O)CCCCCCC/C=C\CCCCCCCC. The van der Waals surface area contributed by atoms with E-state index < -0.39 is 6.10 Å². The number of allylic oxidation sites excluding steroid dienone is 14. The highest BCUT2D eigenvalue weighted by Crippen LogP contribution is 2.13. The second-order valence-corrected chi connectivity index (χ2v) is 17.4. The molecule has 0 aromatic rings. The lowest BCUT2D eigenvalue weighted by atomic mass is 10.1. The molecule has 0 heterocycles. The van der Waals surface area contributed by atoms with Crippen LogP contribution in [0.5, 0.6) is 0 Å². The van der Waals surface area contributed by atoms with E-state index in [1.54, 1.807) is 0 Å². The van der Waals surface area contributed by atoms with Crippen molar-refractivity contribution in [3.8, 4) is 0 Å². The van der Waals surface area contributed by atoms with Crippen LogP contribution in [-0.4, -0.2) is 37.2 Å². The van der Waals surface area contributed by atoms with Crippen LogP contribution in [0.1, 0.15) is 245 Å². The largest absolute Gasteiger partial charge is 0.462 e. The third kappa shape index (κ3) is 49.6. The van der Waals surface area contributed by atoms with Crippen molar-refractivity contribution >= 4 is 17.9 Å². The molecule has 366 valence electrons. The Labute approximate surface area is 395 Å². The minimum atomic E-state index is -0.807. The molecule has 0 saturated heterocycles. The molecular weight excluding hydrogens is 793 g/mol. The van der Waals surface area contributed by atoms with Crippen LogP contribution in [0.25, 0.3) is 0 Å². The number of unbranched alkanes of at least 4 members (excludes halogenated alkanes) is 22. The van der Waals surface area contributed by atoms with Crippen molar-refractivity contribution in [2.45, 2.75) is 252 Å². The summed E-state index contributed by atoms with van der Waals surface area (Å²) in [6, 6.07) is 0. The summed E-state index contributed by atoms with van der Waals surface area (Å²) in [5.74, 6) is -0.978. The molecule has 0 aromatic carbocycles. The minimum Gasteiger partial charge on any atom is -0.462 e. The van der Waals surface area contributed by atoms with Gasteiger partial charge in [0.1, 0.15) is 13.2 Å². The van der Waals surface area contributed by atoms with E-state index in [1.165, 1.54) is 96.3 Å². The van der Waals surface area contributed by atoms with E-state index in [1.807, 2.05) is 0 Å². The molecule has 0 amide bonds. The van der Waals surface area contributed by atoms with Crippen LogP contribution in [0.2, 0.25) is 0 Å². The molecule has 0 rings (SSSR count). The molecule has 1 unspecified atom stereocenters. The van der Waals surface area contributed by atoms with E-state index in [0.29, 0.717) is 19.3 Å². The number of carbonyl (C=O) groups excluding carboxylic acids is 3. The first-order valence-electron chi connectivity index (χ1n) is 26.6. The third-order valence-electron chi connectivity index (χ3n) is 11.1. The van der Waals surface area contributed by atoms with E-state index in [-0.39, 0.29) is 37.5 Å².